The molecule has 0 fully saturated rings. The molecule has 0 aromatic carbocycles. The topological polar surface area (TPSA) is 58.5 Å². The second-order valence-electron chi connectivity index (χ2n) is 1.24. The molecule has 0 aliphatic heterocycles. The molecule has 0 aromatic rings. The molecule has 0 rings (SSSR count). The van der Waals surface area contributed by atoms with E-state index in [1.165, 1.54) is 0 Å². The van der Waals surface area contributed by atoms with Crippen LogP contribution in [0.1, 0.15) is 13.3 Å². The van der Waals surface area contributed by atoms with Crippen LogP contribution in [0, 0.1) is 4.91 Å². The van der Waals surface area contributed by atoms with E-state index < -0.39 is 0 Å². The van der Waals surface area contributed by atoms with Crippen molar-refractivity contribution in [3.05, 3.63) is 4.91 Å². The molecule has 8 heavy (non-hydrogen) atoms. The highest BCUT2D eigenvalue weighted by Crippen LogP contribution is 1.72. The maximum absolute atomic E-state index is 10.3. The number of carbonyl (C=O) groups is 1. The van der Waals surface area contributed by atoms with Crippen molar-refractivity contribution < 1.29 is 4.79 Å². The van der Waals surface area contributed by atoms with Gasteiger partial charge in [0.2, 0.25) is 5.91 Å². The average molecular weight is 116 g/mol. The predicted octanol–water partition coefficient (Wildman–Crippen LogP) is 0.236. The number of nitroso groups, excluding NO2 is 1. The minimum Gasteiger partial charge on any atom is -0.334 e. The van der Waals surface area contributed by atoms with Crippen molar-refractivity contribution >= 4 is 5.91 Å². The van der Waals surface area contributed by atoms with Crippen LogP contribution in [0.15, 0.2) is 5.18 Å². The SMILES string of the molecule is CCC(=O)NCN=O. The lowest BCUT2D eigenvalue weighted by atomic mass is 10.5. The summed E-state index contributed by atoms with van der Waals surface area (Å²) in [6.07, 6.45) is 0.398. The van der Waals surface area contributed by atoms with Crippen LogP contribution in [0.5, 0.6) is 0 Å². The number of hydrogen-bond acceptors (Lipinski definition) is 3. The molecule has 1 amide bonds. The number of carbonyl (C=O) groups excluding carboxylic acids is 1. The minimum atomic E-state index is -0.149. The molecule has 0 aliphatic rings. The largest absolute Gasteiger partial charge is 0.334 e. The lowest BCUT2D eigenvalue weighted by molar-refractivity contribution is -0.120. The van der Waals surface area contributed by atoms with Gasteiger partial charge in [0.15, 0.2) is 6.67 Å². The molecular formula is C4H8N2O2. The van der Waals surface area contributed by atoms with Gasteiger partial charge in [-0.05, 0) is 5.18 Å². The molecule has 0 unspecified atom stereocenters. The van der Waals surface area contributed by atoms with Crippen LogP contribution >= 0.6 is 0 Å². The van der Waals surface area contributed by atoms with Crippen molar-refractivity contribution in [1.29, 1.82) is 0 Å². The Bertz CT molecular complexity index is 92.0. The molecule has 0 radical (unpaired) electrons. The van der Waals surface area contributed by atoms with Crippen LogP contribution in [0.25, 0.3) is 0 Å². The van der Waals surface area contributed by atoms with Crippen molar-refractivity contribution in [3.8, 4) is 0 Å². The summed E-state index contributed by atoms with van der Waals surface area (Å²) in [5, 5.41) is 4.71. The Kier molecular flexibility index (Phi) is 3.74. The molecule has 0 bridgehead atoms. The number of nitrogens with zero attached hydrogens (tertiary/aromatic N) is 1. The van der Waals surface area contributed by atoms with Crippen molar-refractivity contribution in [2.75, 3.05) is 6.67 Å². The third kappa shape index (κ3) is 3.27. The zero-order chi connectivity index (χ0) is 6.41. The summed E-state index contributed by atoms with van der Waals surface area (Å²) in [6.45, 7) is 1.59. The fourth-order valence-electron chi connectivity index (χ4n) is 0.245. The van der Waals surface area contributed by atoms with E-state index in [0.29, 0.717) is 6.42 Å². The van der Waals surface area contributed by atoms with Crippen molar-refractivity contribution in [2.24, 2.45) is 5.18 Å². The van der Waals surface area contributed by atoms with Gasteiger partial charge in [0, 0.05) is 6.42 Å². The first-order valence-electron chi connectivity index (χ1n) is 2.37. The van der Waals surface area contributed by atoms with Crippen LogP contribution in [0.2, 0.25) is 0 Å². The average Bonchev–Trinajstić information content (AvgIpc) is 1.83. The summed E-state index contributed by atoms with van der Waals surface area (Å²) in [6, 6.07) is 0. The first-order chi connectivity index (χ1) is 3.81. The molecule has 0 atom stereocenters. The molecule has 0 heterocycles. The van der Waals surface area contributed by atoms with Crippen molar-refractivity contribution in [1.82, 2.24) is 5.32 Å². The van der Waals surface area contributed by atoms with E-state index in [0.717, 1.165) is 0 Å². The van der Waals surface area contributed by atoms with Gasteiger partial charge in [-0.3, -0.25) is 4.79 Å². The predicted molar refractivity (Wildman–Crippen MR) is 29.1 cm³/mol. The molecule has 0 aromatic heterocycles. The lowest BCUT2D eigenvalue weighted by Gasteiger charge is -1.92. The second kappa shape index (κ2) is 4.23. The summed E-state index contributed by atoms with van der Waals surface area (Å²) in [4.78, 5) is 19.6. The van der Waals surface area contributed by atoms with Gasteiger partial charge < -0.3 is 5.32 Å². The minimum absolute atomic E-state index is 0.118. The lowest BCUT2D eigenvalue weighted by Crippen LogP contribution is -2.21. The van der Waals surface area contributed by atoms with Gasteiger partial charge in [0.25, 0.3) is 0 Å². The Labute approximate surface area is 47.2 Å². The third-order valence-corrected chi connectivity index (χ3v) is 0.662. The summed E-state index contributed by atoms with van der Waals surface area (Å²) in [5.74, 6) is -0.149. The first kappa shape index (κ1) is 7.07. The van der Waals surface area contributed by atoms with Crippen LogP contribution in [-0.4, -0.2) is 12.6 Å². The van der Waals surface area contributed by atoms with E-state index in [1.807, 2.05) is 0 Å². The maximum Gasteiger partial charge on any atom is 0.221 e. The van der Waals surface area contributed by atoms with E-state index in [4.69, 9.17) is 0 Å². The van der Waals surface area contributed by atoms with Gasteiger partial charge in [-0.1, -0.05) is 6.92 Å². The van der Waals surface area contributed by atoms with E-state index in [9.17, 15) is 9.70 Å². The highest BCUT2D eigenvalue weighted by molar-refractivity contribution is 5.75. The Hall–Kier alpha value is -0.930. The number of rotatable bonds is 3. The van der Waals surface area contributed by atoms with Crippen LogP contribution in [0.4, 0.5) is 0 Å². The summed E-state index contributed by atoms with van der Waals surface area (Å²) < 4.78 is 0. The fourth-order valence-corrected chi connectivity index (χ4v) is 0.245. The smallest absolute Gasteiger partial charge is 0.221 e. The van der Waals surface area contributed by atoms with Crippen molar-refractivity contribution in [3.63, 3.8) is 0 Å². The van der Waals surface area contributed by atoms with Crippen molar-refractivity contribution in [2.45, 2.75) is 13.3 Å². The Morgan fingerprint density at radius 1 is 1.75 bits per heavy atom. The maximum atomic E-state index is 10.3. The zero-order valence-corrected chi connectivity index (χ0v) is 4.68. The molecular weight excluding hydrogens is 108 g/mol. The molecule has 0 saturated heterocycles. The molecule has 1 N–H and O–H groups in total. The van der Waals surface area contributed by atoms with E-state index in [1.54, 1.807) is 6.92 Å². The summed E-state index contributed by atoms with van der Waals surface area (Å²) >= 11 is 0. The van der Waals surface area contributed by atoms with Crippen LogP contribution in [-0.2, 0) is 4.79 Å². The van der Waals surface area contributed by atoms with Gasteiger partial charge in [-0.25, -0.2) is 0 Å². The zero-order valence-electron chi connectivity index (χ0n) is 4.68. The monoisotopic (exact) mass is 116 g/mol. The van der Waals surface area contributed by atoms with Crippen LogP contribution in [0.3, 0.4) is 0 Å². The number of amides is 1. The van der Waals surface area contributed by atoms with E-state index >= 15 is 0 Å². The third-order valence-electron chi connectivity index (χ3n) is 0.662. The van der Waals surface area contributed by atoms with Gasteiger partial charge in [0.1, 0.15) is 0 Å². The summed E-state index contributed by atoms with van der Waals surface area (Å²) in [7, 11) is 0. The molecule has 0 spiro atoms. The second-order valence-corrected chi connectivity index (χ2v) is 1.24. The van der Waals surface area contributed by atoms with Gasteiger partial charge in [-0.15, -0.1) is 4.91 Å². The first-order valence-corrected chi connectivity index (χ1v) is 2.37. The quantitative estimate of drug-likeness (QED) is 0.537. The number of nitrogens with one attached hydrogen (secondary N) is 1. The Morgan fingerprint density at radius 3 is 2.75 bits per heavy atom. The van der Waals surface area contributed by atoms with Gasteiger partial charge in [0.05, 0.1) is 0 Å². The highest BCUT2D eigenvalue weighted by atomic mass is 16.3. The highest BCUT2D eigenvalue weighted by Gasteiger charge is 1.91. The standard InChI is InChI=1S/C4H8N2O2/c1-2-4(7)5-3-6-8/h2-3H2,1H3,(H,5,7). The molecule has 0 aliphatic carbocycles. The molecule has 46 valence electrons. The fraction of sp³-hybridized carbons (Fsp3) is 0.750. The molecule has 0 saturated carbocycles. The molecule has 4 nitrogen and oxygen atoms in total. The van der Waals surface area contributed by atoms with Gasteiger partial charge in [-0.2, -0.15) is 0 Å². The Balaban J connectivity index is 3.11. The normalized spacial score (nSPS) is 8.12. The van der Waals surface area contributed by atoms with Gasteiger partial charge >= 0.3 is 0 Å². The van der Waals surface area contributed by atoms with E-state index in [-0.39, 0.29) is 12.6 Å². The molecule has 4 heteroatoms. The summed E-state index contributed by atoms with van der Waals surface area (Å²) in [5.41, 5.74) is 0. The van der Waals surface area contributed by atoms with E-state index in [2.05, 4.69) is 10.5 Å². The Morgan fingerprint density at radius 2 is 2.38 bits per heavy atom. The van der Waals surface area contributed by atoms with Crippen LogP contribution < -0.4 is 5.32 Å². The number of hydrogen-bond donors (Lipinski definition) is 1.